The second-order valence-corrected chi connectivity index (χ2v) is 5.63. The molecule has 2 aromatic rings. The van der Waals surface area contributed by atoms with E-state index in [1.54, 1.807) is 0 Å². The van der Waals surface area contributed by atoms with E-state index in [2.05, 4.69) is 24.1 Å². The third-order valence-electron chi connectivity index (χ3n) is 3.40. The SMILES string of the molecule is CCc1nc2ccc(C)cn2c1C(=O)NCCC(C)C. The first-order valence-corrected chi connectivity index (χ1v) is 7.28. The number of carbonyl (C=O) groups excluding carboxylic acids is 1. The van der Waals surface area contributed by atoms with Crippen molar-refractivity contribution in [1.29, 1.82) is 0 Å². The zero-order valence-corrected chi connectivity index (χ0v) is 12.7. The van der Waals surface area contributed by atoms with Gasteiger partial charge < -0.3 is 5.32 Å². The number of aromatic nitrogens is 2. The van der Waals surface area contributed by atoms with Crippen LogP contribution >= 0.6 is 0 Å². The maximum absolute atomic E-state index is 12.4. The molecule has 4 heteroatoms. The molecule has 0 radical (unpaired) electrons. The molecule has 2 heterocycles. The van der Waals surface area contributed by atoms with Gasteiger partial charge >= 0.3 is 0 Å². The number of hydrogen-bond donors (Lipinski definition) is 1. The first kappa shape index (κ1) is 14.6. The fourth-order valence-corrected chi connectivity index (χ4v) is 2.24. The van der Waals surface area contributed by atoms with Crippen molar-refractivity contribution < 1.29 is 4.79 Å². The lowest BCUT2D eigenvalue weighted by atomic mass is 10.1. The minimum atomic E-state index is -0.0272. The van der Waals surface area contributed by atoms with Crippen LogP contribution in [0.4, 0.5) is 0 Å². The zero-order valence-electron chi connectivity index (χ0n) is 12.7. The molecule has 2 rings (SSSR count). The summed E-state index contributed by atoms with van der Waals surface area (Å²) in [4.78, 5) is 17.0. The third-order valence-corrected chi connectivity index (χ3v) is 3.40. The molecule has 0 saturated heterocycles. The van der Waals surface area contributed by atoms with Gasteiger partial charge in [0.05, 0.1) is 5.69 Å². The normalized spacial score (nSPS) is 11.2. The van der Waals surface area contributed by atoms with Crippen LogP contribution < -0.4 is 5.32 Å². The fraction of sp³-hybridized carbons (Fsp3) is 0.500. The Morgan fingerprint density at radius 2 is 2.15 bits per heavy atom. The minimum Gasteiger partial charge on any atom is -0.351 e. The van der Waals surface area contributed by atoms with E-state index < -0.39 is 0 Å². The Labute approximate surface area is 120 Å². The molecular weight excluding hydrogens is 250 g/mol. The lowest BCUT2D eigenvalue weighted by molar-refractivity contribution is 0.0945. The molecule has 0 saturated carbocycles. The number of hydrogen-bond acceptors (Lipinski definition) is 2. The van der Waals surface area contributed by atoms with Crippen LogP contribution in [-0.4, -0.2) is 21.8 Å². The van der Waals surface area contributed by atoms with E-state index in [0.717, 1.165) is 29.7 Å². The average Bonchev–Trinajstić information content (AvgIpc) is 2.75. The van der Waals surface area contributed by atoms with Crippen LogP contribution in [0, 0.1) is 12.8 Å². The summed E-state index contributed by atoms with van der Waals surface area (Å²) in [6.45, 7) is 9.06. The van der Waals surface area contributed by atoms with Gasteiger partial charge in [0, 0.05) is 12.7 Å². The largest absolute Gasteiger partial charge is 0.351 e. The Balaban J connectivity index is 2.31. The van der Waals surface area contributed by atoms with Gasteiger partial charge in [-0.25, -0.2) is 4.98 Å². The van der Waals surface area contributed by atoms with E-state index in [1.165, 1.54) is 0 Å². The summed E-state index contributed by atoms with van der Waals surface area (Å²) in [6, 6.07) is 3.97. The van der Waals surface area contributed by atoms with Gasteiger partial charge in [0.1, 0.15) is 11.3 Å². The molecule has 0 aliphatic rings. The number of pyridine rings is 1. The smallest absolute Gasteiger partial charge is 0.270 e. The highest BCUT2D eigenvalue weighted by molar-refractivity contribution is 5.94. The van der Waals surface area contributed by atoms with E-state index in [9.17, 15) is 4.79 Å². The summed E-state index contributed by atoms with van der Waals surface area (Å²) < 4.78 is 1.90. The summed E-state index contributed by atoms with van der Waals surface area (Å²) in [5.41, 5.74) is 3.49. The number of nitrogens with zero attached hydrogens (tertiary/aromatic N) is 2. The number of fused-ring (bicyclic) bond motifs is 1. The zero-order chi connectivity index (χ0) is 14.7. The van der Waals surface area contributed by atoms with Crippen molar-refractivity contribution in [1.82, 2.24) is 14.7 Å². The summed E-state index contributed by atoms with van der Waals surface area (Å²) in [7, 11) is 0. The van der Waals surface area contributed by atoms with E-state index in [4.69, 9.17) is 0 Å². The number of aryl methyl sites for hydroxylation is 2. The van der Waals surface area contributed by atoms with Crippen LogP contribution in [0.3, 0.4) is 0 Å². The summed E-state index contributed by atoms with van der Waals surface area (Å²) in [5.74, 6) is 0.561. The second-order valence-electron chi connectivity index (χ2n) is 5.63. The van der Waals surface area contributed by atoms with Gasteiger partial charge in [0.25, 0.3) is 5.91 Å². The van der Waals surface area contributed by atoms with E-state index in [0.29, 0.717) is 18.2 Å². The monoisotopic (exact) mass is 273 g/mol. The minimum absolute atomic E-state index is 0.0272. The molecule has 0 bridgehead atoms. The molecule has 0 unspecified atom stereocenters. The van der Waals surface area contributed by atoms with Gasteiger partial charge in [-0.05, 0) is 37.3 Å². The molecular formula is C16H23N3O. The van der Waals surface area contributed by atoms with Crippen molar-refractivity contribution in [2.75, 3.05) is 6.54 Å². The molecule has 108 valence electrons. The number of rotatable bonds is 5. The topological polar surface area (TPSA) is 46.4 Å². The van der Waals surface area contributed by atoms with Crippen molar-refractivity contribution >= 4 is 11.6 Å². The van der Waals surface area contributed by atoms with Crippen molar-refractivity contribution in [3.63, 3.8) is 0 Å². The highest BCUT2D eigenvalue weighted by atomic mass is 16.1. The molecule has 0 fully saturated rings. The van der Waals surface area contributed by atoms with Crippen molar-refractivity contribution in [3.8, 4) is 0 Å². The number of carbonyl (C=O) groups is 1. The van der Waals surface area contributed by atoms with Crippen LogP contribution in [0.2, 0.25) is 0 Å². The lowest BCUT2D eigenvalue weighted by Gasteiger charge is -2.08. The first-order chi connectivity index (χ1) is 9.52. The molecule has 4 nitrogen and oxygen atoms in total. The lowest BCUT2D eigenvalue weighted by Crippen LogP contribution is -2.27. The molecule has 0 aliphatic heterocycles. The molecule has 2 aromatic heterocycles. The Kier molecular flexibility index (Phi) is 4.42. The number of imidazole rings is 1. The van der Waals surface area contributed by atoms with Gasteiger partial charge in [-0.3, -0.25) is 9.20 Å². The van der Waals surface area contributed by atoms with Crippen LogP contribution in [0.5, 0.6) is 0 Å². The molecule has 1 N–H and O–H groups in total. The summed E-state index contributed by atoms with van der Waals surface area (Å²) in [5, 5.41) is 3.00. The molecule has 0 atom stereocenters. The van der Waals surface area contributed by atoms with E-state index in [-0.39, 0.29) is 5.91 Å². The molecule has 0 aromatic carbocycles. The maximum atomic E-state index is 12.4. The van der Waals surface area contributed by atoms with Crippen molar-refractivity contribution in [2.45, 2.75) is 40.5 Å². The highest BCUT2D eigenvalue weighted by Crippen LogP contribution is 2.15. The highest BCUT2D eigenvalue weighted by Gasteiger charge is 2.17. The van der Waals surface area contributed by atoms with Crippen LogP contribution in [-0.2, 0) is 6.42 Å². The Hall–Kier alpha value is -1.84. The predicted molar refractivity (Wildman–Crippen MR) is 81.1 cm³/mol. The van der Waals surface area contributed by atoms with Gasteiger partial charge in [-0.15, -0.1) is 0 Å². The van der Waals surface area contributed by atoms with E-state index >= 15 is 0 Å². The van der Waals surface area contributed by atoms with Crippen LogP contribution in [0.1, 0.15) is 48.9 Å². The third kappa shape index (κ3) is 3.00. The van der Waals surface area contributed by atoms with Crippen molar-refractivity contribution in [3.05, 3.63) is 35.3 Å². The molecule has 20 heavy (non-hydrogen) atoms. The van der Waals surface area contributed by atoms with Gasteiger partial charge in [-0.2, -0.15) is 0 Å². The molecule has 1 amide bonds. The predicted octanol–water partition coefficient (Wildman–Crippen LogP) is 2.98. The van der Waals surface area contributed by atoms with Gasteiger partial charge in [0.15, 0.2) is 0 Å². The summed E-state index contributed by atoms with van der Waals surface area (Å²) in [6.07, 6.45) is 3.72. The standard InChI is InChI=1S/C16H23N3O/c1-5-13-15(16(20)17-9-8-11(2)3)19-10-12(4)6-7-14(19)18-13/h6-7,10-11H,5,8-9H2,1-4H3,(H,17,20). The first-order valence-electron chi connectivity index (χ1n) is 7.28. The van der Waals surface area contributed by atoms with Crippen LogP contribution in [0.25, 0.3) is 5.65 Å². The van der Waals surface area contributed by atoms with Crippen molar-refractivity contribution in [2.24, 2.45) is 5.92 Å². The Bertz CT molecular complexity index is 613. The fourth-order valence-electron chi connectivity index (χ4n) is 2.24. The average molecular weight is 273 g/mol. The van der Waals surface area contributed by atoms with E-state index in [1.807, 2.05) is 36.6 Å². The Morgan fingerprint density at radius 1 is 1.40 bits per heavy atom. The number of nitrogens with one attached hydrogen (secondary N) is 1. The quantitative estimate of drug-likeness (QED) is 0.910. The molecule has 0 aliphatic carbocycles. The van der Waals surface area contributed by atoms with Crippen LogP contribution in [0.15, 0.2) is 18.3 Å². The van der Waals surface area contributed by atoms with Gasteiger partial charge in [0.2, 0.25) is 0 Å². The molecule has 0 spiro atoms. The summed E-state index contributed by atoms with van der Waals surface area (Å²) >= 11 is 0. The Morgan fingerprint density at radius 3 is 2.80 bits per heavy atom. The second kappa shape index (κ2) is 6.07. The maximum Gasteiger partial charge on any atom is 0.270 e. The van der Waals surface area contributed by atoms with Gasteiger partial charge in [-0.1, -0.05) is 26.8 Å². The number of amides is 1.